The van der Waals surface area contributed by atoms with Crippen molar-refractivity contribution < 1.29 is 14.3 Å². The fourth-order valence-electron chi connectivity index (χ4n) is 2.06. The van der Waals surface area contributed by atoms with Crippen molar-refractivity contribution >= 4 is 6.09 Å². The largest absolute Gasteiger partial charge is 0.444 e. The molecule has 0 aromatic rings. The molecule has 0 aliphatic carbocycles. The van der Waals surface area contributed by atoms with Gasteiger partial charge in [0.25, 0.3) is 0 Å². The van der Waals surface area contributed by atoms with E-state index in [2.05, 4.69) is 26.1 Å². The zero-order valence-corrected chi connectivity index (χ0v) is 14.9. The lowest BCUT2D eigenvalue weighted by molar-refractivity contribution is 0.0202. The lowest BCUT2D eigenvalue weighted by atomic mass is 10.0. The van der Waals surface area contributed by atoms with Crippen LogP contribution in [0.5, 0.6) is 0 Å². The molecule has 1 N–H and O–H groups in total. The van der Waals surface area contributed by atoms with Gasteiger partial charge in [-0.15, -0.1) is 0 Å². The molecular formula is C16H34N2O3. The molecule has 21 heavy (non-hydrogen) atoms. The summed E-state index contributed by atoms with van der Waals surface area (Å²) in [6.07, 6.45) is 0.807. The second kappa shape index (κ2) is 10.0. The number of hydrogen-bond donors (Lipinski definition) is 1. The summed E-state index contributed by atoms with van der Waals surface area (Å²) >= 11 is 0. The molecule has 0 aromatic heterocycles. The number of nitrogens with one attached hydrogen (secondary N) is 1. The summed E-state index contributed by atoms with van der Waals surface area (Å²) < 4.78 is 10.5. The van der Waals surface area contributed by atoms with Gasteiger partial charge in [0.05, 0.1) is 6.61 Å². The summed E-state index contributed by atoms with van der Waals surface area (Å²) in [4.78, 5) is 13.9. The van der Waals surface area contributed by atoms with E-state index in [0.29, 0.717) is 31.7 Å². The van der Waals surface area contributed by atoms with Crippen LogP contribution in [0.3, 0.4) is 0 Å². The zero-order chi connectivity index (χ0) is 16.5. The first-order valence-corrected chi connectivity index (χ1v) is 7.91. The number of carbonyl (C=O) groups excluding carboxylic acids is 1. The molecular weight excluding hydrogens is 268 g/mol. The van der Waals surface area contributed by atoms with Crippen molar-refractivity contribution in [3.63, 3.8) is 0 Å². The first-order valence-electron chi connectivity index (χ1n) is 7.91. The molecule has 0 aromatic carbocycles. The van der Waals surface area contributed by atoms with Gasteiger partial charge in [-0.1, -0.05) is 20.8 Å². The van der Waals surface area contributed by atoms with Gasteiger partial charge in [0.15, 0.2) is 0 Å². The first-order chi connectivity index (χ1) is 9.71. The van der Waals surface area contributed by atoms with Gasteiger partial charge in [0, 0.05) is 32.8 Å². The fourth-order valence-corrected chi connectivity index (χ4v) is 2.06. The number of amides is 1. The maximum Gasteiger partial charge on any atom is 0.410 e. The molecule has 0 radical (unpaired) electrons. The number of carbonyl (C=O) groups is 1. The van der Waals surface area contributed by atoms with E-state index < -0.39 is 5.60 Å². The van der Waals surface area contributed by atoms with Crippen LogP contribution in [0.2, 0.25) is 0 Å². The van der Waals surface area contributed by atoms with E-state index in [0.717, 1.165) is 13.0 Å². The van der Waals surface area contributed by atoms with Crippen molar-refractivity contribution in [1.82, 2.24) is 10.2 Å². The van der Waals surface area contributed by atoms with Crippen LogP contribution in [-0.2, 0) is 9.47 Å². The van der Waals surface area contributed by atoms with Gasteiger partial charge in [0.2, 0.25) is 0 Å². The molecule has 0 saturated heterocycles. The molecule has 0 aliphatic rings. The lowest BCUT2D eigenvalue weighted by Crippen LogP contribution is -2.44. The molecule has 0 heterocycles. The van der Waals surface area contributed by atoms with E-state index >= 15 is 0 Å². The summed E-state index contributed by atoms with van der Waals surface area (Å²) in [5, 5.41) is 3.50. The van der Waals surface area contributed by atoms with Gasteiger partial charge >= 0.3 is 6.09 Å². The van der Waals surface area contributed by atoms with Crippen LogP contribution >= 0.6 is 0 Å². The number of nitrogens with zero attached hydrogens (tertiary/aromatic N) is 1. The average molecular weight is 302 g/mol. The van der Waals surface area contributed by atoms with Crippen LogP contribution in [0.25, 0.3) is 0 Å². The number of hydrogen-bond acceptors (Lipinski definition) is 4. The van der Waals surface area contributed by atoms with Gasteiger partial charge in [-0.3, -0.25) is 0 Å². The minimum absolute atomic E-state index is 0.279. The van der Waals surface area contributed by atoms with E-state index in [4.69, 9.17) is 9.47 Å². The van der Waals surface area contributed by atoms with E-state index in [1.165, 1.54) is 0 Å². The van der Waals surface area contributed by atoms with Crippen LogP contribution in [0.15, 0.2) is 0 Å². The minimum atomic E-state index is -0.472. The highest BCUT2D eigenvalue weighted by molar-refractivity contribution is 5.68. The third-order valence-electron chi connectivity index (χ3n) is 3.25. The third kappa shape index (κ3) is 9.69. The molecule has 1 unspecified atom stereocenters. The predicted octanol–water partition coefficient (Wildman–Crippen LogP) is 2.89. The SMILES string of the molecule is CCC(NCCN(CCOC)C(=O)OC(C)(C)C)C(C)C. The molecule has 0 fully saturated rings. The summed E-state index contributed by atoms with van der Waals surface area (Å²) in [6, 6.07) is 0.480. The van der Waals surface area contributed by atoms with Crippen molar-refractivity contribution in [3.05, 3.63) is 0 Å². The highest BCUT2D eigenvalue weighted by atomic mass is 16.6. The van der Waals surface area contributed by atoms with Crippen LogP contribution in [0.4, 0.5) is 4.79 Å². The molecule has 0 rings (SSSR count). The Balaban J connectivity index is 4.38. The van der Waals surface area contributed by atoms with Crippen LogP contribution in [0.1, 0.15) is 48.0 Å². The van der Waals surface area contributed by atoms with Crippen molar-refractivity contribution in [1.29, 1.82) is 0 Å². The Bertz CT molecular complexity index is 288. The van der Waals surface area contributed by atoms with Crippen molar-refractivity contribution in [2.45, 2.75) is 59.6 Å². The molecule has 1 amide bonds. The molecule has 5 heteroatoms. The maximum atomic E-state index is 12.2. The fraction of sp³-hybridized carbons (Fsp3) is 0.938. The van der Waals surface area contributed by atoms with Gasteiger partial charge < -0.3 is 19.7 Å². The smallest absolute Gasteiger partial charge is 0.410 e. The first kappa shape index (κ1) is 20.2. The van der Waals surface area contributed by atoms with Crippen molar-refractivity contribution in [2.24, 2.45) is 5.92 Å². The Morgan fingerprint density at radius 2 is 1.86 bits per heavy atom. The molecule has 0 spiro atoms. The van der Waals surface area contributed by atoms with Crippen LogP contribution < -0.4 is 5.32 Å². The molecule has 5 nitrogen and oxygen atoms in total. The van der Waals surface area contributed by atoms with Crippen LogP contribution in [-0.4, -0.2) is 56.0 Å². The number of ether oxygens (including phenoxy) is 2. The van der Waals surface area contributed by atoms with Crippen molar-refractivity contribution in [3.8, 4) is 0 Å². The maximum absolute atomic E-state index is 12.2. The topological polar surface area (TPSA) is 50.8 Å². The standard InChI is InChI=1S/C16H34N2O3/c1-8-14(13(2)3)17-9-10-18(11-12-20-7)15(19)21-16(4,5)6/h13-14,17H,8-12H2,1-7H3. The molecule has 0 aliphatic heterocycles. The molecule has 0 bridgehead atoms. The zero-order valence-electron chi connectivity index (χ0n) is 14.9. The summed E-state index contributed by atoms with van der Waals surface area (Å²) in [5.74, 6) is 0.587. The molecule has 1 atom stereocenters. The van der Waals surface area contributed by atoms with Gasteiger partial charge in [0.1, 0.15) is 5.60 Å². The third-order valence-corrected chi connectivity index (χ3v) is 3.25. The minimum Gasteiger partial charge on any atom is -0.444 e. The molecule has 126 valence electrons. The van der Waals surface area contributed by atoms with Gasteiger partial charge in [-0.05, 0) is 33.1 Å². The van der Waals surface area contributed by atoms with Gasteiger partial charge in [-0.25, -0.2) is 4.79 Å². The monoisotopic (exact) mass is 302 g/mol. The Kier molecular flexibility index (Phi) is 9.62. The summed E-state index contributed by atoms with van der Waals surface area (Å²) in [5.41, 5.74) is -0.472. The highest BCUT2D eigenvalue weighted by Crippen LogP contribution is 2.10. The Labute approximate surface area is 130 Å². The van der Waals surface area contributed by atoms with E-state index in [9.17, 15) is 4.79 Å². The Morgan fingerprint density at radius 1 is 1.24 bits per heavy atom. The second-order valence-electron chi connectivity index (χ2n) is 6.67. The van der Waals surface area contributed by atoms with Crippen molar-refractivity contribution in [2.75, 3.05) is 33.4 Å². The van der Waals surface area contributed by atoms with E-state index in [-0.39, 0.29) is 6.09 Å². The summed E-state index contributed by atoms with van der Waals surface area (Å²) in [7, 11) is 1.64. The quantitative estimate of drug-likeness (QED) is 0.711. The van der Waals surface area contributed by atoms with E-state index in [1.54, 1.807) is 12.0 Å². The van der Waals surface area contributed by atoms with Gasteiger partial charge in [-0.2, -0.15) is 0 Å². The average Bonchev–Trinajstić information content (AvgIpc) is 2.35. The van der Waals surface area contributed by atoms with E-state index in [1.807, 2.05) is 20.8 Å². The highest BCUT2D eigenvalue weighted by Gasteiger charge is 2.22. The normalized spacial score (nSPS) is 13.3. The number of methoxy groups -OCH3 is 1. The lowest BCUT2D eigenvalue weighted by Gasteiger charge is -2.28. The Morgan fingerprint density at radius 3 is 2.29 bits per heavy atom. The second-order valence-corrected chi connectivity index (χ2v) is 6.67. The van der Waals surface area contributed by atoms with Crippen LogP contribution in [0, 0.1) is 5.92 Å². The number of rotatable bonds is 9. The molecule has 0 saturated carbocycles. The Hall–Kier alpha value is -0.810. The predicted molar refractivity (Wildman–Crippen MR) is 86.6 cm³/mol. The summed E-state index contributed by atoms with van der Waals surface area (Å²) in [6.45, 7) is 14.7.